The van der Waals surface area contributed by atoms with Crippen molar-refractivity contribution in [1.82, 2.24) is 9.62 Å². The molecular weight excluding hydrogens is 388 g/mol. The molecule has 0 amide bonds. The van der Waals surface area contributed by atoms with E-state index in [-0.39, 0.29) is 6.04 Å². The van der Waals surface area contributed by atoms with E-state index >= 15 is 0 Å². The van der Waals surface area contributed by atoms with E-state index in [1.807, 2.05) is 25.1 Å². The first-order chi connectivity index (χ1) is 11.4. The Morgan fingerprint density at radius 2 is 1.96 bits per heavy atom. The van der Waals surface area contributed by atoms with Crippen LogP contribution in [0.2, 0.25) is 0 Å². The molecule has 6 heteroatoms. The van der Waals surface area contributed by atoms with Gasteiger partial charge in [-0.1, -0.05) is 46.3 Å². The summed E-state index contributed by atoms with van der Waals surface area (Å²) in [5, 5.41) is 0. The molecule has 0 saturated carbocycles. The molecule has 0 radical (unpaired) electrons. The molecule has 4 nitrogen and oxygen atoms in total. The Morgan fingerprint density at radius 3 is 2.67 bits per heavy atom. The summed E-state index contributed by atoms with van der Waals surface area (Å²) in [4.78, 5) is 2.61. The first-order valence-corrected chi connectivity index (χ1v) is 10.3. The summed E-state index contributed by atoms with van der Waals surface area (Å²) < 4.78 is 28.9. The summed E-state index contributed by atoms with van der Waals surface area (Å²) in [6.07, 6.45) is 0.835. The Morgan fingerprint density at radius 1 is 1.21 bits per heavy atom. The number of likely N-dealkylation sites (tertiary alicyclic amines) is 1. The number of nitrogens with zero attached hydrogens (tertiary/aromatic N) is 1. The molecule has 1 unspecified atom stereocenters. The smallest absolute Gasteiger partial charge is 0.240 e. The predicted molar refractivity (Wildman–Crippen MR) is 99.3 cm³/mol. The second-order valence-electron chi connectivity index (χ2n) is 6.24. The van der Waals surface area contributed by atoms with Crippen LogP contribution in [-0.4, -0.2) is 32.4 Å². The van der Waals surface area contributed by atoms with Crippen molar-refractivity contribution in [3.05, 3.63) is 64.1 Å². The molecule has 1 heterocycles. The van der Waals surface area contributed by atoms with Crippen LogP contribution < -0.4 is 4.72 Å². The Kier molecular flexibility index (Phi) is 5.39. The topological polar surface area (TPSA) is 49.4 Å². The first-order valence-electron chi connectivity index (χ1n) is 7.99. The lowest BCUT2D eigenvalue weighted by Crippen LogP contribution is -2.37. The Labute approximate surface area is 152 Å². The highest BCUT2D eigenvalue weighted by Gasteiger charge is 2.27. The number of rotatable bonds is 5. The van der Waals surface area contributed by atoms with E-state index in [1.165, 1.54) is 5.56 Å². The highest BCUT2D eigenvalue weighted by molar-refractivity contribution is 9.10. The average Bonchev–Trinajstić information content (AvgIpc) is 2.97. The molecule has 1 N–H and O–H groups in total. The summed E-state index contributed by atoms with van der Waals surface area (Å²) in [5.41, 5.74) is 2.17. The van der Waals surface area contributed by atoms with Gasteiger partial charge in [-0.3, -0.25) is 4.90 Å². The Balaban J connectivity index is 1.63. The third-order valence-electron chi connectivity index (χ3n) is 4.28. The van der Waals surface area contributed by atoms with Crippen molar-refractivity contribution in [3.8, 4) is 0 Å². The monoisotopic (exact) mass is 408 g/mol. The summed E-state index contributed by atoms with van der Waals surface area (Å²) in [7, 11) is -3.48. The Bertz CT molecular complexity index is 809. The number of hydrogen-bond donors (Lipinski definition) is 1. The van der Waals surface area contributed by atoms with Crippen LogP contribution in [0.15, 0.2) is 57.9 Å². The van der Waals surface area contributed by atoms with Crippen molar-refractivity contribution in [1.29, 1.82) is 0 Å². The first kappa shape index (κ1) is 17.6. The highest BCUT2D eigenvalue weighted by Crippen LogP contribution is 2.21. The zero-order valence-electron chi connectivity index (χ0n) is 13.6. The quantitative estimate of drug-likeness (QED) is 0.825. The summed E-state index contributed by atoms with van der Waals surface area (Å²) in [5.74, 6) is 0. The molecule has 1 aliphatic heterocycles. The SMILES string of the molecule is Cc1cc(S(=O)(=O)NC2CCN(Cc3ccccc3)C2)ccc1Br. The van der Waals surface area contributed by atoms with Crippen LogP contribution in [0.1, 0.15) is 17.5 Å². The third kappa shape index (κ3) is 4.25. The van der Waals surface area contributed by atoms with Gasteiger partial charge in [0.15, 0.2) is 0 Å². The molecule has 1 atom stereocenters. The molecule has 1 fully saturated rings. The van der Waals surface area contributed by atoms with Crippen molar-refractivity contribution in [2.75, 3.05) is 13.1 Å². The lowest BCUT2D eigenvalue weighted by Gasteiger charge is -2.17. The predicted octanol–water partition coefficient (Wildman–Crippen LogP) is 3.31. The molecule has 0 bridgehead atoms. The van der Waals surface area contributed by atoms with Gasteiger partial charge >= 0.3 is 0 Å². The van der Waals surface area contributed by atoms with Crippen molar-refractivity contribution in [2.24, 2.45) is 0 Å². The van der Waals surface area contributed by atoms with Gasteiger partial charge in [0.05, 0.1) is 4.90 Å². The minimum Gasteiger partial charge on any atom is -0.297 e. The van der Waals surface area contributed by atoms with Gasteiger partial charge in [-0.2, -0.15) is 0 Å². The fourth-order valence-corrected chi connectivity index (χ4v) is 4.58. The number of aryl methyl sites for hydroxylation is 1. The molecule has 0 aromatic heterocycles. The number of nitrogens with one attached hydrogen (secondary N) is 1. The second kappa shape index (κ2) is 7.35. The molecule has 1 saturated heterocycles. The van der Waals surface area contributed by atoms with Crippen LogP contribution >= 0.6 is 15.9 Å². The summed E-state index contributed by atoms with van der Waals surface area (Å²) >= 11 is 3.40. The second-order valence-corrected chi connectivity index (χ2v) is 8.81. The van der Waals surface area contributed by atoms with Crippen molar-refractivity contribution in [2.45, 2.75) is 30.8 Å². The maximum atomic E-state index is 12.6. The van der Waals surface area contributed by atoms with Crippen LogP contribution in [0.3, 0.4) is 0 Å². The largest absolute Gasteiger partial charge is 0.297 e. The standard InChI is InChI=1S/C18H21BrN2O2S/c1-14-11-17(7-8-18(14)19)24(22,23)20-16-9-10-21(13-16)12-15-5-3-2-4-6-15/h2-8,11,16,20H,9-10,12-13H2,1H3. The average molecular weight is 409 g/mol. The highest BCUT2D eigenvalue weighted by atomic mass is 79.9. The molecule has 2 aromatic rings. The van der Waals surface area contributed by atoms with Gasteiger partial charge in [0.1, 0.15) is 0 Å². The Hall–Kier alpha value is -1.21. The van der Waals surface area contributed by atoms with Gasteiger partial charge < -0.3 is 0 Å². The van der Waals surface area contributed by atoms with Crippen molar-refractivity contribution in [3.63, 3.8) is 0 Å². The van der Waals surface area contributed by atoms with Crippen LogP contribution in [0.25, 0.3) is 0 Å². The number of sulfonamides is 1. The molecular formula is C18H21BrN2O2S. The van der Waals surface area contributed by atoms with Gasteiger partial charge in [-0.25, -0.2) is 13.1 Å². The minimum absolute atomic E-state index is 0.0392. The molecule has 0 aliphatic carbocycles. The van der Waals surface area contributed by atoms with E-state index in [9.17, 15) is 8.42 Å². The van der Waals surface area contributed by atoms with Gasteiger partial charge in [0.25, 0.3) is 0 Å². The van der Waals surface area contributed by atoms with Crippen LogP contribution in [-0.2, 0) is 16.6 Å². The van der Waals surface area contributed by atoms with E-state index < -0.39 is 10.0 Å². The van der Waals surface area contributed by atoms with Gasteiger partial charge in [-0.15, -0.1) is 0 Å². The fraction of sp³-hybridized carbons (Fsp3) is 0.333. The summed E-state index contributed by atoms with van der Waals surface area (Å²) in [6.45, 7) is 4.39. The lowest BCUT2D eigenvalue weighted by atomic mass is 10.2. The number of halogens is 1. The number of benzene rings is 2. The van der Waals surface area contributed by atoms with E-state index in [0.717, 1.165) is 36.1 Å². The maximum absolute atomic E-state index is 12.6. The fourth-order valence-electron chi connectivity index (χ4n) is 2.99. The molecule has 1 aliphatic rings. The molecule has 2 aromatic carbocycles. The van der Waals surface area contributed by atoms with Crippen LogP contribution in [0.5, 0.6) is 0 Å². The van der Waals surface area contributed by atoms with Gasteiger partial charge in [0, 0.05) is 30.1 Å². The molecule has 24 heavy (non-hydrogen) atoms. The molecule has 128 valence electrons. The van der Waals surface area contributed by atoms with E-state index in [0.29, 0.717) is 4.90 Å². The summed E-state index contributed by atoms with van der Waals surface area (Å²) in [6, 6.07) is 15.3. The van der Waals surface area contributed by atoms with Crippen molar-refractivity contribution >= 4 is 26.0 Å². The van der Waals surface area contributed by atoms with Gasteiger partial charge in [-0.05, 0) is 42.7 Å². The lowest BCUT2D eigenvalue weighted by molar-refractivity contribution is 0.324. The van der Waals surface area contributed by atoms with Crippen LogP contribution in [0, 0.1) is 6.92 Å². The van der Waals surface area contributed by atoms with E-state index in [2.05, 4.69) is 37.7 Å². The zero-order valence-corrected chi connectivity index (χ0v) is 16.0. The van der Waals surface area contributed by atoms with E-state index in [4.69, 9.17) is 0 Å². The van der Waals surface area contributed by atoms with Crippen molar-refractivity contribution < 1.29 is 8.42 Å². The zero-order chi connectivity index (χ0) is 17.2. The molecule has 3 rings (SSSR count). The maximum Gasteiger partial charge on any atom is 0.240 e. The third-order valence-corrected chi connectivity index (χ3v) is 6.69. The van der Waals surface area contributed by atoms with Gasteiger partial charge in [0.2, 0.25) is 10.0 Å². The minimum atomic E-state index is -3.48. The van der Waals surface area contributed by atoms with E-state index in [1.54, 1.807) is 18.2 Å². The normalized spacial score (nSPS) is 18.8. The number of hydrogen-bond acceptors (Lipinski definition) is 3. The molecule has 0 spiro atoms. The van der Waals surface area contributed by atoms with Crippen LogP contribution in [0.4, 0.5) is 0 Å².